The average molecular weight is 461 g/mol. The molecule has 4 rings (SSSR count). The third-order valence-electron chi connectivity index (χ3n) is 6.10. The first-order chi connectivity index (χ1) is 14.8. The Morgan fingerprint density at radius 1 is 1.13 bits per heavy atom. The molecule has 31 heavy (non-hydrogen) atoms. The lowest BCUT2D eigenvalue weighted by molar-refractivity contribution is 0.169. The van der Waals surface area contributed by atoms with E-state index < -0.39 is 0 Å². The number of likely N-dealkylation sites (N-methyl/N-ethyl adjacent to an activating group) is 1. The maximum absolute atomic E-state index is 13.0. The monoisotopic (exact) mass is 460 g/mol. The van der Waals surface area contributed by atoms with E-state index in [0.717, 1.165) is 35.4 Å². The fourth-order valence-corrected chi connectivity index (χ4v) is 4.46. The van der Waals surface area contributed by atoms with Gasteiger partial charge in [0.05, 0.1) is 34.0 Å². The lowest BCUT2D eigenvalue weighted by Gasteiger charge is -2.43. The van der Waals surface area contributed by atoms with Crippen molar-refractivity contribution in [1.82, 2.24) is 9.47 Å². The minimum absolute atomic E-state index is 0.310. The summed E-state index contributed by atoms with van der Waals surface area (Å²) in [5.74, 6) is 0.799. The first kappa shape index (κ1) is 21.8. The summed E-state index contributed by atoms with van der Waals surface area (Å²) >= 11 is 12.3. The second-order valence-corrected chi connectivity index (χ2v) is 8.85. The Balaban J connectivity index is 1.71. The number of anilines is 2. The van der Waals surface area contributed by atoms with Gasteiger partial charge in [0, 0.05) is 36.8 Å². The second-order valence-electron chi connectivity index (χ2n) is 8.07. The number of rotatable bonds is 3. The van der Waals surface area contributed by atoms with Crippen LogP contribution in [0.25, 0.3) is 10.9 Å². The zero-order valence-corrected chi connectivity index (χ0v) is 19.5. The van der Waals surface area contributed by atoms with E-state index in [9.17, 15) is 4.79 Å². The van der Waals surface area contributed by atoms with E-state index in [2.05, 4.69) is 36.0 Å². The molecular weight excluding hydrogens is 435 g/mol. The predicted octanol–water partition coefficient (Wildman–Crippen LogP) is 5.57. The van der Waals surface area contributed by atoms with Gasteiger partial charge in [0.2, 0.25) is 0 Å². The Kier molecular flexibility index (Phi) is 6.06. The molecule has 1 saturated heterocycles. The molecule has 2 heterocycles. The molecule has 2 atom stereocenters. The summed E-state index contributed by atoms with van der Waals surface area (Å²) in [6.07, 6.45) is 1.75. The largest absolute Gasteiger partial charge is 0.495 e. The van der Waals surface area contributed by atoms with Gasteiger partial charge in [-0.05, 0) is 51.2 Å². The number of aromatic nitrogens is 1. The molecule has 0 bridgehead atoms. The van der Waals surface area contributed by atoms with Gasteiger partial charge in [-0.2, -0.15) is 0 Å². The highest BCUT2D eigenvalue weighted by atomic mass is 35.5. The van der Waals surface area contributed by atoms with Crippen molar-refractivity contribution in [1.29, 1.82) is 0 Å². The topological polar surface area (TPSA) is 49.7 Å². The van der Waals surface area contributed by atoms with Gasteiger partial charge >= 0.3 is 6.03 Å². The number of amides is 1. The molecule has 2 aromatic carbocycles. The van der Waals surface area contributed by atoms with Crippen LogP contribution in [0, 0.1) is 0 Å². The Labute approximate surface area is 192 Å². The van der Waals surface area contributed by atoms with Gasteiger partial charge in [0.15, 0.2) is 0 Å². The van der Waals surface area contributed by atoms with Crippen LogP contribution in [0.4, 0.5) is 16.2 Å². The number of carbonyl (C=O) groups excluding carboxylic acids is 1. The molecule has 0 aliphatic carbocycles. The molecule has 1 amide bonds. The molecule has 0 saturated carbocycles. The Hall–Kier alpha value is -2.41. The normalized spacial score (nSPS) is 19.6. The third kappa shape index (κ3) is 4.07. The van der Waals surface area contributed by atoms with Crippen LogP contribution in [0.3, 0.4) is 0 Å². The smallest absolute Gasteiger partial charge is 0.330 e. The van der Waals surface area contributed by atoms with Crippen molar-refractivity contribution in [2.75, 3.05) is 37.5 Å². The highest BCUT2D eigenvalue weighted by Gasteiger charge is 2.28. The van der Waals surface area contributed by atoms with Gasteiger partial charge in [0.25, 0.3) is 0 Å². The van der Waals surface area contributed by atoms with Gasteiger partial charge < -0.3 is 15.0 Å². The number of methoxy groups -OCH3 is 1. The number of halogens is 2. The Bertz CT molecular complexity index is 1120. The molecule has 0 unspecified atom stereocenters. The molecule has 1 aliphatic heterocycles. The maximum atomic E-state index is 13.0. The van der Waals surface area contributed by atoms with Gasteiger partial charge in [-0.15, -0.1) is 0 Å². The van der Waals surface area contributed by atoms with Crippen LogP contribution in [0.2, 0.25) is 10.0 Å². The average Bonchev–Trinajstić information content (AvgIpc) is 3.17. The van der Waals surface area contributed by atoms with E-state index in [1.807, 2.05) is 18.2 Å². The SMILES string of the molecule is COc1cc2ccn(C(=O)Nc3cccc(Cl)c3Cl)c2cc1N1C[C@@H](C)N(C)[C@@H](C)C1. The van der Waals surface area contributed by atoms with Gasteiger partial charge in [-0.1, -0.05) is 29.3 Å². The van der Waals surface area contributed by atoms with Crippen molar-refractivity contribution in [2.45, 2.75) is 25.9 Å². The van der Waals surface area contributed by atoms with Crippen LogP contribution >= 0.6 is 23.2 Å². The Morgan fingerprint density at radius 2 is 1.84 bits per heavy atom. The molecule has 1 aliphatic rings. The number of piperazine rings is 1. The summed E-state index contributed by atoms with van der Waals surface area (Å²) in [4.78, 5) is 17.8. The second kappa shape index (κ2) is 8.61. The number of hydrogen-bond donors (Lipinski definition) is 1. The van der Waals surface area contributed by atoms with Crippen LogP contribution in [0.1, 0.15) is 13.8 Å². The molecule has 1 fully saturated rings. The van der Waals surface area contributed by atoms with Gasteiger partial charge in [-0.3, -0.25) is 9.47 Å². The van der Waals surface area contributed by atoms with Crippen molar-refractivity contribution < 1.29 is 9.53 Å². The van der Waals surface area contributed by atoms with Crippen LogP contribution in [0.15, 0.2) is 42.6 Å². The third-order valence-corrected chi connectivity index (χ3v) is 6.92. The number of carbonyl (C=O) groups is 1. The van der Waals surface area contributed by atoms with Crippen LogP contribution in [-0.2, 0) is 0 Å². The fourth-order valence-electron chi connectivity index (χ4n) is 4.11. The highest BCUT2D eigenvalue weighted by Crippen LogP contribution is 2.36. The standard InChI is InChI=1S/C23H26Cl2N4O2/c1-14-12-28(13-15(2)27(14)3)20-11-19-16(10-21(20)31-4)8-9-29(19)23(30)26-18-7-5-6-17(24)22(18)25/h5-11,14-15H,12-13H2,1-4H3,(H,26,30)/t14-,15+. The van der Waals surface area contributed by atoms with Crippen molar-refractivity contribution in [3.63, 3.8) is 0 Å². The van der Waals surface area contributed by atoms with Crippen molar-refractivity contribution in [2.24, 2.45) is 0 Å². The highest BCUT2D eigenvalue weighted by molar-refractivity contribution is 6.44. The molecule has 6 nitrogen and oxygen atoms in total. The van der Waals surface area contributed by atoms with E-state index in [1.165, 1.54) is 0 Å². The first-order valence-electron chi connectivity index (χ1n) is 10.2. The maximum Gasteiger partial charge on any atom is 0.330 e. The Morgan fingerprint density at radius 3 is 2.52 bits per heavy atom. The molecule has 3 aromatic rings. The molecule has 0 spiro atoms. The minimum Gasteiger partial charge on any atom is -0.495 e. The molecule has 8 heteroatoms. The predicted molar refractivity (Wildman–Crippen MR) is 128 cm³/mol. The van der Waals surface area contributed by atoms with Crippen molar-refractivity contribution in [3.8, 4) is 5.75 Å². The number of hydrogen-bond acceptors (Lipinski definition) is 4. The van der Waals surface area contributed by atoms with E-state index >= 15 is 0 Å². The minimum atomic E-state index is -0.310. The van der Waals surface area contributed by atoms with Crippen molar-refractivity contribution in [3.05, 3.63) is 52.6 Å². The van der Waals surface area contributed by atoms with Crippen LogP contribution < -0.4 is 15.0 Å². The molecule has 0 radical (unpaired) electrons. The quantitative estimate of drug-likeness (QED) is 0.555. The fraction of sp³-hybridized carbons (Fsp3) is 0.348. The number of ether oxygens (including phenoxy) is 1. The van der Waals surface area contributed by atoms with E-state index in [4.69, 9.17) is 27.9 Å². The summed E-state index contributed by atoms with van der Waals surface area (Å²) in [6.45, 7) is 6.21. The summed E-state index contributed by atoms with van der Waals surface area (Å²) in [6, 6.07) is 11.6. The summed E-state index contributed by atoms with van der Waals surface area (Å²) in [5.41, 5.74) is 2.25. The summed E-state index contributed by atoms with van der Waals surface area (Å²) in [5, 5.41) is 4.48. The lowest BCUT2D eigenvalue weighted by Crippen LogP contribution is -2.55. The van der Waals surface area contributed by atoms with Crippen molar-refractivity contribution >= 4 is 51.5 Å². The number of fused-ring (bicyclic) bond motifs is 1. The van der Waals surface area contributed by atoms with E-state index in [0.29, 0.717) is 27.8 Å². The lowest BCUT2D eigenvalue weighted by atomic mass is 10.1. The summed E-state index contributed by atoms with van der Waals surface area (Å²) < 4.78 is 7.28. The van der Waals surface area contributed by atoms with Crippen LogP contribution in [-0.4, -0.2) is 54.8 Å². The van der Waals surface area contributed by atoms with Crippen LogP contribution in [0.5, 0.6) is 5.75 Å². The van der Waals surface area contributed by atoms with Gasteiger partial charge in [-0.25, -0.2) is 4.79 Å². The molecular formula is C23H26Cl2N4O2. The number of benzene rings is 2. The zero-order valence-electron chi connectivity index (χ0n) is 18.0. The molecule has 164 valence electrons. The molecule has 1 N–H and O–H groups in total. The summed E-state index contributed by atoms with van der Waals surface area (Å²) in [7, 11) is 3.84. The first-order valence-corrected chi connectivity index (χ1v) is 11.0. The molecule has 1 aromatic heterocycles. The number of nitrogens with zero attached hydrogens (tertiary/aromatic N) is 3. The van der Waals surface area contributed by atoms with Gasteiger partial charge in [0.1, 0.15) is 5.75 Å². The van der Waals surface area contributed by atoms with E-state index in [-0.39, 0.29) is 6.03 Å². The number of nitrogens with one attached hydrogen (secondary N) is 1. The zero-order chi connectivity index (χ0) is 22.3. The van der Waals surface area contributed by atoms with E-state index in [1.54, 1.807) is 36.1 Å².